The second-order valence-electron chi connectivity index (χ2n) is 7.41. The van der Waals surface area contributed by atoms with Gasteiger partial charge in [-0.15, -0.1) is 24.0 Å². The molecule has 0 saturated carbocycles. The molecule has 2 aromatic rings. The standard InChI is InChI=1S/C23H35N5O.HI/c1-3-27-14-16-28(17-15-27)13-12-26-23(24-2)25-11-6-18-29-22-10-9-20-7-4-5-8-21(20)19-22;/h4-5,7-10,19H,3,6,11-18H2,1-2H3,(H2,24,25,26);1H. The third-order valence-electron chi connectivity index (χ3n) is 5.46. The third kappa shape index (κ3) is 7.92. The van der Waals surface area contributed by atoms with Gasteiger partial charge >= 0.3 is 0 Å². The number of benzene rings is 2. The molecule has 0 bridgehead atoms. The van der Waals surface area contributed by atoms with Gasteiger partial charge < -0.3 is 20.3 Å². The number of nitrogens with zero attached hydrogens (tertiary/aromatic N) is 3. The Hall–Kier alpha value is -1.58. The van der Waals surface area contributed by atoms with Gasteiger partial charge in [0, 0.05) is 52.9 Å². The molecule has 7 heteroatoms. The van der Waals surface area contributed by atoms with Crippen molar-refractivity contribution in [1.82, 2.24) is 20.4 Å². The van der Waals surface area contributed by atoms with Crippen LogP contribution in [0.25, 0.3) is 10.8 Å². The van der Waals surface area contributed by atoms with E-state index in [1.165, 1.54) is 23.9 Å². The van der Waals surface area contributed by atoms with Gasteiger partial charge in [0.1, 0.15) is 5.75 Å². The van der Waals surface area contributed by atoms with E-state index in [0.717, 1.165) is 57.4 Å². The number of nitrogens with one attached hydrogen (secondary N) is 2. The quantitative estimate of drug-likeness (QED) is 0.228. The Balaban J connectivity index is 0.00000320. The molecule has 0 aliphatic carbocycles. The molecule has 0 amide bonds. The van der Waals surface area contributed by atoms with Crippen molar-refractivity contribution >= 4 is 40.7 Å². The largest absolute Gasteiger partial charge is 0.494 e. The summed E-state index contributed by atoms with van der Waals surface area (Å²) in [7, 11) is 1.82. The molecule has 1 aliphatic heterocycles. The summed E-state index contributed by atoms with van der Waals surface area (Å²) in [5, 5.41) is 9.24. The number of likely N-dealkylation sites (N-methyl/N-ethyl adjacent to an activating group) is 1. The summed E-state index contributed by atoms with van der Waals surface area (Å²) < 4.78 is 5.90. The number of aliphatic imine (C=N–C) groups is 1. The Bertz CT molecular complexity index is 777. The first kappa shape index (κ1) is 24.7. The first-order chi connectivity index (χ1) is 14.3. The van der Waals surface area contributed by atoms with Crippen LogP contribution in [0.4, 0.5) is 0 Å². The van der Waals surface area contributed by atoms with Crippen molar-refractivity contribution in [2.75, 3.05) is 66.0 Å². The topological polar surface area (TPSA) is 52.1 Å². The maximum absolute atomic E-state index is 5.90. The van der Waals surface area contributed by atoms with Crippen LogP contribution in [0.5, 0.6) is 5.75 Å². The molecule has 166 valence electrons. The molecule has 0 unspecified atom stereocenters. The lowest BCUT2D eigenvalue weighted by atomic mass is 10.1. The lowest BCUT2D eigenvalue weighted by Gasteiger charge is -2.34. The number of hydrogen-bond donors (Lipinski definition) is 2. The number of rotatable bonds is 9. The van der Waals surface area contributed by atoms with Gasteiger partial charge in [0.25, 0.3) is 0 Å². The molecule has 1 aliphatic rings. The summed E-state index contributed by atoms with van der Waals surface area (Å²) in [6.45, 7) is 11.6. The first-order valence-corrected chi connectivity index (χ1v) is 10.8. The van der Waals surface area contributed by atoms with E-state index in [2.05, 4.69) is 68.7 Å². The van der Waals surface area contributed by atoms with Crippen LogP contribution in [-0.2, 0) is 0 Å². The smallest absolute Gasteiger partial charge is 0.191 e. The predicted molar refractivity (Wildman–Crippen MR) is 137 cm³/mol. The summed E-state index contributed by atoms with van der Waals surface area (Å²) in [4.78, 5) is 9.33. The fourth-order valence-electron chi connectivity index (χ4n) is 3.61. The maximum atomic E-state index is 5.90. The van der Waals surface area contributed by atoms with E-state index in [4.69, 9.17) is 4.74 Å². The normalized spacial score (nSPS) is 15.6. The van der Waals surface area contributed by atoms with Crippen molar-refractivity contribution in [3.8, 4) is 5.75 Å². The van der Waals surface area contributed by atoms with E-state index in [1.54, 1.807) is 0 Å². The average Bonchev–Trinajstić information content (AvgIpc) is 2.78. The van der Waals surface area contributed by atoms with Gasteiger partial charge in [-0.3, -0.25) is 9.89 Å². The van der Waals surface area contributed by atoms with Gasteiger partial charge in [-0.25, -0.2) is 0 Å². The van der Waals surface area contributed by atoms with Crippen molar-refractivity contribution in [1.29, 1.82) is 0 Å². The highest BCUT2D eigenvalue weighted by molar-refractivity contribution is 14.0. The zero-order valence-electron chi connectivity index (χ0n) is 18.3. The minimum Gasteiger partial charge on any atom is -0.494 e. The Labute approximate surface area is 198 Å². The number of hydrogen-bond acceptors (Lipinski definition) is 4. The van der Waals surface area contributed by atoms with Crippen molar-refractivity contribution in [3.63, 3.8) is 0 Å². The van der Waals surface area contributed by atoms with Gasteiger partial charge in [0.15, 0.2) is 5.96 Å². The van der Waals surface area contributed by atoms with Crippen LogP contribution in [0.15, 0.2) is 47.5 Å². The Kier molecular flexibility index (Phi) is 11.2. The minimum absolute atomic E-state index is 0. The minimum atomic E-state index is 0. The predicted octanol–water partition coefficient (Wildman–Crippen LogP) is 3.03. The Morgan fingerprint density at radius 1 is 0.967 bits per heavy atom. The molecule has 0 radical (unpaired) electrons. The van der Waals surface area contributed by atoms with E-state index < -0.39 is 0 Å². The summed E-state index contributed by atoms with van der Waals surface area (Å²) in [6.07, 6.45) is 0.923. The number of fused-ring (bicyclic) bond motifs is 1. The van der Waals surface area contributed by atoms with Crippen molar-refractivity contribution < 1.29 is 4.74 Å². The average molecular weight is 525 g/mol. The third-order valence-corrected chi connectivity index (χ3v) is 5.46. The second kappa shape index (κ2) is 13.7. The maximum Gasteiger partial charge on any atom is 0.191 e. The summed E-state index contributed by atoms with van der Waals surface area (Å²) in [6, 6.07) is 14.6. The lowest BCUT2D eigenvalue weighted by Crippen LogP contribution is -2.49. The fourth-order valence-corrected chi connectivity index (χ4v) is 3.61. The molecule has 3 rings (SSSR count). The number of ether oxygens (including phenoxy) is 1. The second-order valence-corrected chi connectivity index (χ2v) is 7.41. The molecule has 1 heterocycles. The van der Waals surface area contributed by atoms with Gasteiger partial charge in [-0.05, 0) is 35.9 Å². The van der Waals surface area contributed by atoms with Gasteiger partial charge in [0.05, 0.1) is 6.61 Å². The van der Waals surface area contributed by atoms with E-state index in [1.807, 2.05) is 13.1 Å². The summed E-state index contributed by atoms with van der Waals surface area (Å²) in [5.41, 5.74) is 0. The molecule has 6 nitrogen and oxygen atoms in total. The monoisotopic (exact) mass is 525 g/mol. The van der Waals surface area contributed by atoms with E-state index in [0.29, 0.717) is 6.61 Å². The highest BCUT2D eigenvalue weighted by Gasteiger charge is 2.14. The van der Waals surface area contributed by atoms with Crippen LogP contribution >= 0.6 is 24.0 Å². The molecule has 0 aromatic heterocycles. The summed E-state index contributed by atoms with van der Waals surface area (Å²) >= 11 is 0. The number of piperazine rings is 1. The van der Waals surface area contributed by atoms with E-state index in [9.17, 15) is 0 Å². The van der Waals surface area contributed by atoms with E-state index in [-0.39, 0.29) is 24.0 Å². The van der Waals surface area contributed by atoms with Crippen molar-refractivity contribution in [3.05, 3.63) is 42.5 Å². The Morgan fingerprint density at radius 3 is 2.40 bits per heavy atom. The molecule has 0 spiro atoms. The van der Waals surface area contributed by atoms with Crippen LogP contribution in [-0.4, -0.2) is 81.8 Å². The van der Waals surface area contributed by atoms with Crippen LogP contribution < -0.4 is 15.4 Å². The Morgan fingerprint density at radius 2 is 1.67 bits per heavy atom. The van der Waals surface area contributed by atoms with Gasteiger partial charge in [0.2, 0.25) is 0 Å². The first-order valence-electron chi connectivity index (χ1n) is 10.8. The van der Waals surface area contributed by atoms with Crippen molar-refractivity contribution in [2.24, 2.45) is 4.99 Å². The lowest BCUT2D eigenvalue weighted by molar-refractivity contribution is 0.139. The molecule has 1 fully saturated rings. The summed E-state index contributed by atoms with van der Waals surface area (Å²) in [5.74, 6) is 1.79. The SMILES string of the molecule is CCN1CCN(CCNC(=NC)NCCCOc2ccc3ccccc3c2)CC1.I. The molecule has 2 N–H and O–H groups in total. The molecule has 1 saturated heterocycles. The van der Waals surface area contributed by atoms with Crippen LogP contribution in [0.3, 0.4) is 0 Å². The molecule has 0 atom stereocenters. The molecular formula is C23H36IN5O. The highest BCUT2D eigenvalue weighted by atomic mass is 127. The fraction of sp³-hybridized carbons (Fsp3) is 0.522. The van der Waals surface area contributed by atoms with Crippen molar-refractivity contribution in [2.45, 2.75) is 13.3 Å². The van der Waals surface area contributed by atoms with Crippen LogP contribution in [0, 0.1) is 0 Å². The number of halogens is 1. The zero-order valence-corrected chi connectivity index (χ0v) is 20.6. The van der Waals surface area contributed by atoms with Gasteiger partial charge in [-0.2, -0.15) is 0 Å². The van der Waals surface area contributed by atoms with Crippen LogP contribution in [0.1, 0.15) is 13.3 Å². The zero-order chi connectivity index (χ0) is 20.3. The van der Waals surface area contributed by atoms with Crippen LogP contribution in [0.2, 0.25) is 0 Å². The molecule has 2 aromatic carbocycles. The van der Waals surface area contributed by atoms with E-state index >= 15 is 0 Å². The highest BCUT2D eigenvalue weighted by Crippen LogP contribution is 2.20. The number of guanidine groups is 1. The van der Waals surface area contributed by atoms with Gasteiger partial charge in [-0.1, -0.05) is 37.3 Å². The molecule has 30 heavy (non-hydrogen) atoms. The molecular weight excluding hydrogens is 489 g/mol.